The van der Waals surface area contributed by atoms with E-state index in [1.165, 1.54) is 32.1 Å². The number of hydrogen-bond acceptors (Lipinski definition) is 3. The van der Waals surface area contributed by atoms with Crippen molar-refractivity contribution in [3.8, 4) is 5.75 Å². The Morgan fingerprint density at radius 2 is 1.95 bits per heavy atom. The molecule has 3 heteroatoms. The van der Waals surface area contributed by atoms with Gasteiger partial charge in [-0.25, -0.2) is 0 Å². The highest BCUT2D eigenvalue weighted by molar-refractivity contribution is 5.20. The Morgan fingerprint density at radius 1 is 1.21 bits per heavy atom. The molecule has 1 aliphatic carbocycles. The van der Waals surface area contributed by atoms with Gasteiger partial charge in [0.15, 0.2) is 0 Å². The van der Waals surface area contributed by atoms with Gasteiger partial charge in [0, 0.05) is 6.54 Å². The third-order valence-electron chi connectivity index (χ3n) is 3.77. The first kappa shape index (κ1) is 14.4. The van der Waals surface area contributed by atoms with Crippen LogP contribution in [0.5, 0.6) is 5.75 Å². The summed E-state index contributed by atoms with van der Waals surface area (Å²) in [5.74, 6) is 1.72. The van der Waals surface area contributed by atoms with Crippen LogP contribution >= 0.6 is 0 Å². The van der Waals surface area contributed by atoms with Crippen molar-refractivity contribution < 1.29 is 9.84 Å². The Balaban J connectivity index is 1.51. The standard InChI is InChI=1S/C16H25NO2/c18-15(13-19-16-8-2-1-3-9-16)12-17-11-10-14-6-4-5-7-14/h1-3,8-9,14-15,17-18H,4-7,10-13H2. The minimum absolute atomic E-state index is 0.348. The van der Waals surface area contributed by atoms with Crippen molar-refractivity contribution in [1.29, 1.82) is 0 Å². The molecule has 1 saturated carbocycles. The highest BCUT2D eigenvalue weighted by atomic mass is 16.5. The SMILES string of the molecule is OC(CNCCC1CCCC1)COc1ccccc1. The van der Waals surface area contributed by atoms with E-state index in [4.69, 9.17) is 4.74 Å². The van der Waals surface area contributed by atoms with Crippen molar-refractivity contribution >= 4 is 0 Å². The lowest BCUT2D eigenvalue weighted by Crippen LogP contribution is -2.32. The molecule has 0 aliphatic heterocycles. The highest BCUT2D eigenvalue weighted by Gasteiger charge is 2.14. The third-order valence-corrected chi connectivity index (χ3v) is 3.77. The van der Waals surface area contributed by atoms with Crippen molar-refractivity contribution in [2.75, 3.05) is 19.7 Å². The van der Waals surface area contributed by atoms with Gasteiger partial charge in [-0.1, -0.05) is 43.9 Å². The van der Waals surface area contributed by atoms with Crippen molar-refractivity contribution in [2.24, 2.45) is 5.92 Å². The number of rotatable bonds is 8. The van der Waals surface area contributed by atoms with Crippen molar-refractivity contribution in [3.05, 3.63) is 30.3 Å². The van der Waals surface area contributed by atoms with Gasteiger partial charge in [0.2, 0.25) is 0 Å². The number of ether oxygens (including phenoxy) is 1. The van der Waals surface area contributed by atoms with Crippen LogP contribution in [0.25, 0.3) is 0 Å². The van der Waals surface area contributed by atoms with Crippen molar-refractivity contribution in [1.82, 2.24) is 5.32 Å². The fourth-order valence-electron chi connectivity index (χ4n) is 2.64. The Bertz CT molecular complexity index is 336. The fraction of sp³-hybridized carbons (Fsp3) is 0.625. The van der Waals surface area contributed by atoms with E-state index in [1.54, 1.807) is 0 Å². The van der Waals surface area contributed by atoms with Crippen LogP contribution in [0.2, 0.25) is 0 Å². The summed E-state index contributed by atoms with van der Waals surface area (Å²) in [5.41, 5.74) is 0. The first-order valence-electron chi connectivity index (χ1n) is 7.41. The lowest BCUT2D eigenvalue weighted by atomic mass is 10.0. The number of aliphatic hydroxyl groups excluding tert-OH is 1. The van der Waals surface area contributed by atoms with Gasteiger partial charge in [0.05, 0.1) is 0 Å². The molecule has 3 nitrogen and oxygen atoms in total. The molecular formula is C16H25NO2. The molecule has 1 atom stereocenters. The van der Waals surface area contributed by atoms with E-state index in [2.05, 4.69) is 5.32 Å². The van der Waals surface area contributed by atoms with Gasteiger partial charge in [-0.2, -0.15) is 0 Å². The maximum atomic E-state index is 9.81. The maximum Gasteiger partial charge on any atom is 0.119 e. The molecule has 2 N–H and O–H groups in total. The van der Waals surface area contributed by atoms with E-state index >= 15 is 0 Å². The molecule has 19 heavy (non-hydrogen) atoms. The number of nitrogens with one attached hydrogen (secondary N) is 1. The second kappa shape index (κ2) is 8.18. The summed E-state index contributed by atoms with van der Waals surface area (Å²) < 4.78 is 5.51. The second-order valence-corrected chi connectivity index (χ2v) is 5.42. The lowest BCUT2D eigenvalue weighted by Gasteiger charge is -2.14. The maximum absolute atomic E-state index is 9.81. The van der Waals surface area contributed by atoms with Crippen LogP contribution in [0.1, 0.15) is 32.1 Å². The first-order chi connectivity index (χ1) is 9.34. The lowest BCUT2D eigenvalue weighted by molar-refractivity contribution is 0.106. The van der Waals surface area contributed by atoms with Crippen molar-refractivity contribution in [2.45, 2.75) is 38.2 Å². The van der Waals surface area contributed by atoms with Gasteiger partial charge >= 0.3 is 0 Å². The number of para-hydroxylation sites is 1. The quantitative estimate of drug-likeness (QED) is 0.708. The predicted octanol–water partition coefficient (Wildman–Crippen LogP) is 2.60. The molecule has 1 aromatic carbocycles. The molecule has 0 amide bonds. The zero-order valence-corrected chi connectivity index (χ0v) is 11.6. The summed E-state index contributed by atoms with van der Waals surface area (Å²) in [6, 6.07) is 9.62. The van der Waals surface area contributed by atoms with Crippen LogP contribution in [-0.2, 0) is 0 Å². The molecule has 1 fully saturated rings. The smallest absolute Gasteiger partial charge is 0.119 e. The summed E-state index contributed by atoms with van der Waals surface area (Å²) >= 11 is 0. The molecule has 1 aromatic rings. The van der Waals surface area contributed by atoms with Gasteiger partial charge in [0.25, 0.3) is 0 Å². The molecule has 1 aliphatic rings. The molecule has 0 spiro atoms. The summed E-state index contributed by atoms with van der Waals surface area (Å²) in [7, 11) is 0. The number of aliphatic hydroxyl groups is 1. The van der Waals surface area contributed by atoms with E-state index in [9.17, 15) is 5.11 Å². The highest BCUT2D eigenvalue weighted by Crippen LogP contribution is 2.26. The minimum Gasteiger partial charge on any atom is -0.491 e. The van der Waals surface area contributed by atoms with Gasteiger partial charge in [0.1, 0.15) is 18.5 Å². The molecule has 1 unspecified atom stereocenters. The van der Waals surface area contributed by atoms with E-state index in [0.717, 1.165) is 18.2 Å². The molecular weight excluding hydrogens is 238 g/mol. The molecule has 0 aromatic heterocycles. The second-order valence-electron chi connectivity index (χ2n) is 5.42. The van der Waals surface area contributed by atoms with Crippen LogP contribution in [-0.4, -0.2) is 30.9 Å². The van der Waals surface area contributed by atoms with Crippen molar-refractivity contribution in [3.63, 3.8) is 0 Å². The van der Waals surface area contributed by atoms with Gasteiger partial charge in [-0.05, 0) is 31.0 Å². The third kappa shape index (κ3) is 5.62. The van der Waals surface area contributed by atoms with Crippen LogP contribution in [0.15, 0.2) is 30.3 Å². The Morgan fingerprint density at radius 3 is 2.68 bits per heavy atom. The molecule has 0 bridgehead atoms. The predicted molar refractivity (Wildman–Crippen MR) is 77.4 cm³/mol. The molecule has 0 radical (unpaired) electrons. The average Bonchev–Trinajstić information content (AvgIpc) is 2.96. The minimum atomic E-state index is -0.441. The van der Waals surface area contributed by atoms with E-state index in [0.29, 0.717) is 13.2 Å². The number of benzene rings is 1. The van der Waals surface area contributed by atoms with Gasteiger partial charge < -0.3 is 15.2 Å². The van der Waals surface area contributed by atoms with Crippen LogP contribution in [0.4, 0.5) is 0 Å². The van der Waals surface area contributed by atoms with Crippen LogP contribution < -0.4 is 10.1 Å². The zero-order chi connectivity index (χ0) is 13.3. The molecule has 0 heterocycles. The zero-order valence-electron chi connectivity index (χ0n) is 11.6. The number of hydrogen-bond donors (Lipinski definition) is 2. The monoisotopic (exact) mass is 263 g/mol. The largest absolute Gasteiger partial charge is 0.491 e. The topological polar surface area (TPSA) is 41.5 Å². The Hall–Kier alpha value is -1.06. The molecule has 106 valence electrons. The first-order valence-corrected chi connectivity index (χ1v) is 7.41. The Kier molecular flexibility index (Phi) is 6.18. The van der Waals surface area contributed by atoms with Crippen LogP contribution in [0.3, 0.4) is 0 Å². The molecule has 0 saturated heterocycles. The van der Waals surface area contributed by atoms with E-state index in [1.807, 2.05) is 30.3 Å². The molecule has 2 rings (SSSR count). The Labute approximate surface area is 116 Å². The normalized spacial score (nSPS) is 17.5. The van der Waals surface area contributed by atoms with Crippen LogP contribution in [0, 0.1) is 5.92 Å². The summed E-state index contributed by atoms with van der Waals surface area (Å²) in [6.07, 6.45) is 6.38. The van der Waals surface area contributed by atoms with Gasteiger partial charge in [-0.3, -0.25) is 0 Å². The summed E-state index contributed by atoms with van der Waals surface area (Å²) in [4.78, 5) is 0. The summed E-state index contributed by atoms with van der Waals surface area (Å²) in [6.45, 7) is 1.97. The summed E-state index contributed by atoms with van der Waals surface area (Å²) in [5, 5.41) is 13.1. The van der Waals surface area contributed by atoms with Gasteiger partial charge in [-0.15, -0.1) is 0 Å². The van der Waals surface area contributed by atoms with E-state index in [-0.39, 0.29) is 0 Å². The average molecular weight is 263 g/mol. The fourth-order valence-corrected chi connectivity index (χ4v) is 2.64. The van der Waals surface area contributed by atoms with E-state index < -0.39 is 6.10 Å².